The molecule has 0 aromatic carbocycles. The molecule has 13 nitrogen and oxygen atoms in total. The molecule has 0 rings (SSSR count). The van der Waals surface area contributed by atoms with E-state index in [2.05, 4.69) is 20.7 Å². The molecule has 0 amide bonds. The Morgan fingerprint density at radius 2 is 0.590 bits per heavy atom. The van der Waals surface area contributed by atoms with Gasteiger partial charge in [0.05, 0.1) is 146 Å². The first-order valence-electron chi connectivity index (χ1n) is 13.3. The molecule has 0 fully saturated rings. The first-order valence-corrected chi connectivity index (χ1v) is 14.4. The Morgan fingerprint density at radius 1 is 0.385 bits per heavy atom. The minimum Gasteiger partial charge on any atom is -0.467 e. The molecule has 0 saturated heterocycles. The third-order valence-electron chi connectivity index (χ3n) is 4.39. The first kappa shape index (κ1) is 38.5. The van der Waals surface area contributed by atoms with Gasteiger partial charge < -0.3 is 56.8 Å². The average molecular weight is 638 g/mol. The molecule has 0 aromatic heterocycles. The molecule has 0 heterocycles. The van der Waals surface area contributed by atoms with E-state index in [4.69, 9.17) is 52.1 Å². The summed E-state index contributed by atoms with van der Waals surface area (Å²) < 4.78 is 63.5. The molecule has 0 unspecified atom stereocenters. The van der Waals surface area contributed by atoms with Crippen molar-refractivity contribution < 1.29 is 61.6 Å². The van der Waals surface area contributed by atoms with Crippen molar-refractivity contribution >= 4 is 21.9 Å². The normalized spacial score (nSPS) is 11.3. The highest BCUT2D eigenvalue weighted by molar-refractivity contribution is 9.09. The van der Waals surface area contributed by atoms with E-state index < -0.39 is 5.97 Å². The number of methoxy groups -OCH3 is 1. The van der Waals surface area contributed by atoms with Crippen molar-refractivity contribution in [3.8, 4) is 0 Å². The van der Waals surface area contributed by atoms with Gasteiger partial charge in [-0.3, -0.25) is 0 Å². The number of alkyl halides is 1. The van der Waals surface area contributed by atoms with E-state index in [1.54, 1.807) is 0 Å². The van der Waals surface area contributed by atoms with Crippen LogP contribution in [0.5, 0.6) is 0 Å². The third kappa shape index (κ3) is 35.5. The number of hydrogen-bond acceptors (Lipinski definition) is 13. The van der Waals surface area contributed by atoms with Gasteiger partial charge in [0.2, 0.25) is 0 Å². The molecule has 0 aliphatic carbocycles. The first-order chi connectivity index (χ1) is 19.3. The average Bonchev–Trinajstić information content (AvgIpc) is 2.95. The molecule has 0 aliphatic rings. The second-order valence-electron chi connectivity index (χ2n) is 7.44. The Morgan fingerprint density at radius 3 is 0.795 bits per heavy atom. The zero-order chi connectivity index (χ0) is 28.3. The second-order valence-corrected chi connectivity index (χ2v) is 8.23. The molecule has 0 N–H and O–H groups in total. The molecule has 0 atom stereocenters. The lowest BCUT2D eigenvalue weighted by molar-refractivity contribution is -0.146. The van der Waals surface area contributed by atoms with Crippen molar-refractivity contribution in [3.63, 3.8) is 0 Å². The van der Waals surface area contributed by atoms with Crippen LogP contribution in [-0.2, 0) is 61.6 Å². The predicted molar refractivity (Wildman–Crippen MR) is 145 cm³/mol. The Kier molecular flexibility index (Phi) is 35.1. The monoisotopic (exact) mass is 636 g/mol. The summed E-state index contributed by atoms with van der Waals surface area (Å²) in [5, 5.41) is 0.835. The third-order valence-corrected chi connectivity index (χ3v) is 4.71. The fraction of sp³-hybridized carbons (Fsp3) is 0.960. The van der Waals surface area contributed by atoms with Gasteiger partial charge in [0, 0.05) is 5.33 Å². The molecule has 0 aromatic rings. The molecule has 0 spiro atoms. The van der Waals surface area contributed by atoms with Crippen molar-refractivity contribution in [1.29, 1.82) is 0 Å². The summed E-state index contributed by atoms with van der Waals surface area (Å²) in [6, 6.07) is 0. The van der Waals surface area contributed by atoms with Crippen molar-refractivity contribution in [2.24, 2.45) is 0 Å². The zero-order valence-corrected chi connectivity index (χ0v) is 25.0. The number of hydrogen-bond donors (Lipinski definition) is 0. The van der Waals surface area contributed by atoms with Gasteiger partial charge in [0.25, 0.3) is 0 Å². The van der Waals surface area contributed by atoms with Gasteiger partial charge in [-0.25, -0.2) is 4.79 Å². The van der Waals surface area contributed by atoms with Crippen LogP contribution in [0.25, 0.3) is 0 Å². The van der Waals surface area contributed by atoms with Gasteiger partial charge in [-0.15, -0.1) is 0 Å². The number of ether oxygens (including phenoxy) is 12. The summed E-state index contributed by atoms with van der Waals surface area (Å²) in [6.07, 6.45) is 0. The van der Waals surface area contributed by atoms with E-state index in [0.717, 1.165) is 5.33 Å². The van der Waals surface area contributed by atoms with E-state index in [0.29, 0.717) is 139 Å². The van der Waals surface area contributed by atoms with Crippen molar-refractivity contribution in [2.75, 3.05) is 158 Å². The smallest absolute Gasteiger partial charge is 0.331 e. The van der Waals surface area contributed by atoms with Crippen LogP contribution in [0.2, 0.25) is 0 Å². The number of rotatable bonds is 34. The van der Waals surface area contributed by atoms with Crippen LogP contribution < -0.4 is 0 Å². The highest BCUT2D eigenvalue weighted by atomic mass is 79.9. The van der Waals surface area contributed by atoms with Crippen molar-refractivity contribution in [1.82, 2.24) is 0 Å². The largest absolute Gasteiger partial charge is 0.467 e. The molecule has 0 saturated carbocycles. The standard InChI is InChI=1S/C25H49BrO13/c1-28-25(27)24-39-23-22-38-21-20-37-19-18-36-17-16-35-15-14-34-13-12-33-11-10-32-9-8-31-7-6-30-5-4-29-3-2-26/h2-24H2,1H3. The number of halogens is 1. The molecule has 0 aliphatic heterocycles. The fourth-order valence-corrected chi connectivity index (χ4v) is 2.70. The Hall–Kier alpha value is -0.490. The molecule has 0 radical (unpaired) electrons. The topological polar surface area (TPSA) is 128 Å². The van der Waals surface area contributed by atoms with E-state index >= 15 is 0 Å². The van der Waals surface area contributed by atoms with Gasteiger partial charge in [-0.05, 0) is 0 Å². The summed E-state index contributed by atoms with van der Waals surface area (Å²) in [5.74, 6) is -0.406. The van der Waals surface area contributed by atoms with Crippen LogP contribution in [0.3, 0.4) is 0 Å². The van der Waals surface area contributed by atoms with Crippen molar-refractivity contribution in [3.05, 3.63) is 0 Å². The molecule has 234 valence electrons. The maximum atomic E-state index is 10.8. The molecular weight excluding hydrogens is 588 g/mol. The van der Waals surface area contributed by atoms with Crippen LogP contribution >= 0.6 is 15.9 Å². The highest BCUT2D eigenvalue weighted by Crippen LogP contribution is 1.87. The summed E-state index contributed by atoms with van der Waals surface area (Å²) in [5.41, 5.74) is 0. The molecule has 0 bridgehead atoms. The lowest BCUT2D eigenvalue weighted by Gasteiger charge is -2.09. The Bertz CT molecular complexity index is 477. The SMILES string of the molecule is COC(=O)COCCOCCOCCOCCOCCOCCOCCOCCOCCOCCOCCBr. The number of esters is 1. The summed E-state index contributed by atoms with van der Waals surface area (Å²) in [4.78, 5) is 10.8. The van der Waals surface area contributed by atoms with E-state index in [9.17, 15) is 4.79 Å². The van der Waals surface area contributed by atoms with Gasteiger partial charge in [-0.1, -0.05) is 15.9 Å². The lowest BCUT2D eigenvalue weighted by Crippen LogP contribution is -2.16. The van der Waals surface area contributed by atoms with Crippen LogP contribution in [-0.4, -0.2) is 164 Å². The maximum Gasteiger partial charge on any atom is 0.331 e. The minimum absolute atomic E-state index is 0.0682. The van der Waals surface area contributed by atoms with Gasteiger partial charge >= 0.3 is 5.97 Å². The fourth-order valence-electron chi connectivity index (χ4n) is 2.47. The second kappa shape index (κ2) is 35.5. The van der Waals surface area contributed by atoms with Crippen LogP contribution in [0.4, 0.5) is 0 Å². The molecule has 14 heteroatoms. The Labute approximate surface area is 241 Å². The van der Waals surface area contributed by atoms with E-state index in [1.807, 2.05) is 0 Å². The van der Waals surface area contributed by atoms with Crippen molar-refractivity contribution in [2.45, 2.75) is 0 Å². The number of carbonyl (C=O) groups excluding carboxylic acids is 1. The summed E-state index contributed by atoms with van der Waals surface area (Å²) >= 11 is 3.29. The Balaban J connectivity index is 3.03. The maximum absolute atomic E-state index is 10.8. The summed E-state index contributed by atoms with van der Waals surface area (Å²) in [7, 11) is 1.31. The lowest BCUT2D eigenvalue weighted by atomic mass is 10.6. The number of carbonyl (C=O) groups is 1. The molecule has 39 heavy (non-hydrogen) atoms. The zero-order valence-electron chi connectivity index (χ0n) is 23.4. The van der Waals surface area contributed by atoms with Gasteiger partial charge in [0.15, 0.2) is 0 Å². The van der Waals surface area contributed by atoms with Crippen LogP contribution in [0, 0.1) is 0 Å². The highest BCUT2D eigenvalue weighted by Gasteiger charge is 1.99. The van der Waals surface area contributed by atoms with Gasteiger partial charge in [0.1, 0.15) is 6.61 Å². The molecular formula is C25H49BrO13. The van der Waals surface area contributed by atoms with Crippen LogP contribution in [0.15, 0.2) is 0 Å². The minimum atomic E-state index is -0.406. The summed E-state index contributed by atoms with van der Waals surface area (Å²) in [6.45, 7) is 10.6. The van der Waals surface area contributed by atoms with Gasteiger partial charge in [-0.2, -0.15) is 0 Å². The quantitative estimate of drug-likeness (QED) is 0.0560. The van der Waals surface area contributed by atoms with E-state index in [-0.39, 0.29) is 6.61 Å². The van der Waals surface area contributed by atoms with E-state index in [1.165, 1.54) is 7.11 Å². The predicted octanol–water partition coefficient (Wildman–Crippen LogP) is 0.737. The van der Waals surface area contributed by atoms with Crippen LogP contribution in [0.1, 0.15) is 0 Å².